The summed E-state index contributed by atoms with van der Waals surface area (Å²) in [6.07, 6.45) is 11.1. The molecule has 1 aliphatic rings. The highest BCUT2D eigenvalue weighted by molar-refractivity contribution is 7.89. The fraction of sp³-hybridized carbons (Fsp3) is 0.538. The van der Waals surface area contributed by atoms with Crippen molar-refractivity contribution in [3.05, 3.63) is 30.5 Å². The number of imidazole rings is 1. The van der Waals surface area contributed by atoms with Crippen LogP contribution in [0.5, 0.6) is 0 Å². The van der Waals surface area contributed by atoms with Gasteiger partial charge in [-0.2, -0.15) is 5.10 Å². The Labute approximate surface area is 123 Å². The number of sulfonamides is 1. The molecule has 2 aromatic heterocycles. The number of nitrogens with zero attached hydrogens (tertiary/aromatic N) is 4. The molecule has 0 saturated heterocycles. The summed E-state index contributed by atoms with van der Waals surface area (Å²) in [4.78, 5) is 3.80. The fourth-order valence-corrected chi connectivity index (χ4v) is 3.25. The van der Waals surface area contributed by atoms with Gasteiger partial charge in [0.15, 0.2) is 5.03 Å². The second-order valence-electron chi connectivity index (χ2n) is 5.51. The molecular formula is C13H19N5O2S. The third-order valence-corrected chi connectivity index (χ3v) is 4.65. The van der Waals surface area contributed by atoms with Crippen molar-refractivity contribution in [2.45, 2.75) is 49.7 Å². The highest BCUT2D eigenvalue weighted by atomic mass is 32.2. The number of hydrogen-bond donors (Lipinski definition) is 1. The largest absolute Gasteiger partial charge is 0.330 e. The van der Waals surface area contributed by atoms with Crippen LogP contribution in [0.4, 0.5) is 0 Å². The number of hydrogen-bond acceptors (Lipinski definition) is 4. The van der Waals surface area contributed by atoms with E-state index in [4.69, 9.17) is 5.14 Å². The lowest BCUT2D eigenvalue weighted by atomic mass is 9.96. The topological polar surface area (TPSA) is 95.8 Å². The number of aromatic nitrogens is 4. The summed E-state index contributed by atoms with van der Waals surface area (Å²) in [7, 11) is -3.74. The second kappa shape index (κ2) is 5.61. The Bertz CT molecular complexity index is 713. The van der Waals surface area contributed by atoms with E-state index in [0.29, 0.717) is 12.6 Å². The van der Waals surface area contributed by atoms with Crippen molar-refractivity contribution in [3.8, 4) is 0 Å². The SMILES string of the molecule is NS(=O)(=O)c1cn(Cc2ccn(C3CCCCC3)n2)cn1. The Balaban J connectivity index is 1.71. The number of nitrogens with two attached hydrogens (primary N) is 1. The second-order valence-corrected chi connectivity index (χ2v) is 7.02. The molecule has 3 rings (SSSR count). The van der Waals surface area contributed by atoms with Crippen molar-refractivity contribution in [1.82, 2.24) is 19.3 Å². The smallest absolute Gasteiger partial charge is 0.257 e. The third-order valence-electron chi connectivity index (χ3n) is 3.86. The van der Waals surface area contributed by atoms with Crippen molar-refractivity contribution in [3.63, 3.8) is 0 Å². The molecular weight excluding hydrogens is 290 g/mol. The van der Waals surface area contributed by atoms with Crippen LogP contribution < -0.4 is 5.14 Å². The summed E-state index contributed by atoms with van der Waals surface area (Å²) >= 11 is 0. The predicted molar refractivity (Wildman–Crippen MR) is 77.1 cm³/mol. The van der Waals surface area contributed by atoms with E-state index in [2.05, 4.69) is 10.1 Å². The van der Waals surface area contributed by atoms with Crippen LogP contribution >= 0.6 is 0 Å². The van der Waals surface area contributed by atoms with Gasteiger partial charge in [0.1, 0.15) is 0 Å². The molecule has 7 nitrogen and oxygen atoms in total. The van der Waals surface area contributed by atoms with E-state index in [1.807, 2.05) is 16.9 Å². The maximum Gasteiger partial charge on any atom is 0.257 e. The Morgan fingerprint density at radius 2 is 2.05 bits per heavy atom. The highest BCUT2D eigenvalue weighted by Gasteiger charge is 2.16. The number of primary sulfonamides is 1. The average Bonchev–Trinajstić information content (AvgIpc) is 3.09. The van der Waals surface area contributed by atoms with E-state index >= 15 is 0 Å². The molecule has 2 aromatic rings. The van der Waals surface area contributed by atoms with E-state index in [0.717, 1.165) is 5.69 Å². The third kappa shape index (κ3) is 3.33. The van der Waals surface area contributed by atoms with Gasteiger partial charge >= 0.3 is 0 Å². The van der Waals surface area contributed by atoms with Gasteiger partial charge in [-0.15, -0.1) is 0 Å². The summed E-state index contributed by atoms with van der Waals surface area (Å²) in [6.45, 7) is 0.488. The van der Waals surface area contributed by atoms with E-state index in [-0.39, 0.29) is 5.03 Å². The Hall–Kier alpha value is -1.67. The first-order valence-corrected chi connectivity index (χ1v) is 8.65. The molecule has 114 valence electrons. The minimum Gasteiger partial charge on any atom is -0.330 e. The van der Waals surface area contributed by atoms with Crippen LogP contribution in [0.3, 0.4) is 0 Å². The Kier molecular flexibility index (Phi) is 3.81. The van der Waals surface area contributed by atoms with Gasteiger partial charge in [-0.05, 0) is 18.9 Å². The average molecular weight is 309 g/mol. The lowest BCUT2D eigenvalue weighted by Gasteiger charge is -2.21. The molecule has 2 N–H and O–H groups in total. The van der Waals surface area contributed by atoms with Crippen molar-refractivity contribution in [2.75, 3.05) is 0 Å². The monoisotopic (exact) mass is 309 g/mol. The summed E-state index contributed by atoms with van der Waals surface area (Å²) < 4.78 is 26.1. The standard InChI is InChI=1S/C13H19N5O2S/c14-21(19,20)13-9-17(10-15-13)8-11-6-7-18(16-11)12-4-2-1-3-5-12/h6-7,9-10,12H,1-5,8H2,(H2,14,19,20). The molecule has 1 aliphatic carbocycles. The van der Waals surface area contributed by atoms with E-state index in [9.17, 15) is 8.42 Å². The van der Waals surface area contributed by atoms with Gasteiger partial charge in [-0.3, -0.25) is 4.68 Å². The molecule has 8 heteroatoms. The van der Waals surface area contributed by atoms with Crippen molar-refractivity contribution >= 4 is 10.0 Å². The first kappa shape index (κ1) is 14.3. The minimum atomic E-state index is -3.74. The summed E-state index contributed by atoms with van der Waals surface area (Å²) in [5, 5.41) is 9.51. The molecule has 0 atom stereocenters. The maximum atomic E-state index is 11.2. The molecule has 1 fully saturated rings. The predicted octanol–water partition coefficient (Wildman–Crippen LogP) is 1.28. The summed E-state index contributed by atoms with van der Waals surface area (Å²) in [5.41, 5.74) is 0.888. The Morgan fingerprint density at radius 3 is 2.71 bits per heavy atom. The van der Waals surface area contributed by atoms with Crippen molar-refractivity contribution in [1.29, 1.82) is 0 Å². The molecule has 21 heavy (non-hydrogen) atoms. The fourth-order valence-electron chi connectivity index (χ4n) is 2.77. The molecule has 0 radical (unpaired) electrons. The van der Waals surface area contributed by atoms with E-state index in [1.165, 1.54) is 44.6 Å². The first-order chi connectivity index (χ1) is 10.0. The highest BCUT2D eigenvalue weighted by Crippen LogP contribution is 2.27. The lowest BCUT2D eigenvalue weighted by Crippen LogP contribution is -2.14. The summed E-state index contributed by atoms with van der Waals surface area (Å²) in [6, 6.07) is 2.46. The molecule has 1 saturated carbocycles. The Morgan fingerprint density at radius 1 is 1.29 bits per heavy atom. The number of rotatable bonds is 4. The molecule has 0 aliphatic heterocycles. The quantitative estimate of drug-likeness (QED) is 0.920. The zero-order valence-electron chi connectivity index (χ0n) is 11.7. The molecule has 0 spiro atoms. The van der Waals surface area contributed by atoms with Gasteiger partial charge < -0.3 is 4.57 Å². The minimum absolute atomic E-state index is 0.116. The lowest BCUT2D eigenvalue weighted by molar-refractivity contribution is 0.328. The van der Waals surface area contributed by atoms with Gasteiger partial charge in [0.05, 0.1) is 24.6 Å². The van der Waals surface area contributed by atoms with E-state index < -0.39 is 10.0 Å². The van der Waals surface area contributed by atoms with Crippen molar-refractivity contribution < 1.29 is 8.42 Å². The van der Waals surface area contributed by atoms with Gasteiger partial charge in [0.2, 0.25) is 0 Å². The van der Waals surface area contributed by atoms with Gasteiger partial charge in [0, 0.05) is 12.4 Å². The maximum absolute atomic E-state index is 11.2. The van der Waals surface area contributed by atoms with Gasteiger partial charge in [-0.25, -0.2) is 18.5 Å². The molecule has 0 unspecified atom stereocenters. The van der Waals surface area contributed by atoms with Crippen LogP contribution in [0, 0.1) is 0 Å². The van der Waals surface area contributed by atoms with Crippen LogP contribution in [0.2, 0.25) is 0 Å². The zero-order chi connectivity index (χ0) is 14.9. The summed E-state index contributed by atoms with van der Waals surface area (Å²) in [5.74, 6) is 0. The normalized spacial score (nSPS) is 17.2. The molecule has 0 amide bonds. The van der Waals surface area contributed by atoms with Crippen LogP contribution in [0.15, 0.2) is 29.8 Å². The van der Waals surface area contributed by atoms with Crippen LogP contribution in [0.25, 0.3) is 0 Å². The van der Waals surface area contributed by atoms with Crippen LogP contribution in [-0.4, -0.2) is 27.7 Å². The van der Waals surface area contributed by atoms with Gasteiger partial charge in [-0.1, -0.05) is 19.3 Å². The van der Waals surface area contributed by atoms with Gasteiger partial charge in [0.25, 0.3) is 10.0 Å². The zero-order valence-corrected chi connectivity index (χ0v) is 12.5. The molecule has 0 aromatic carbocycles. The molecule has 2 heterocycles. The van der Waals surface area contributed by atoms with Crippen LogP contribution in [0.1, 0.15) is 43.8 Å². The van der Waals surface area contributed by atoms with Crippen LogP contribution in [-0.2, 0) is 16.6 Å². The molecule has 0 bridgehead atoms. The van der Waals surface area contributed by atoms with E-state index in [1.54, 1.807) is 4.57 Å². The van der Waals surface area contributed by atoms with Crippen molar-refractivity contribution in [2.24, 2.45) is 5.14 Å². The first-order valence-electron chi connectivity index (χ1n) is 7.11.